The highest BCUT2D eigenvalue weighted by atomic mass is 16.5. The largest absolute Gasteiger partial charge is 0.379 e. The Morgan fingerprint density at radius 2 is 1.69 bits per heavy atom. The summed E-state index contributed by atoms with van der Waals surface area (Å²) in [5.74, 6) is 0. The van der Waals surface area contributed by atoms with Gasteiger partial charge in [0.2, 0.25) is 0 Å². The summed E-state index contributed by atoms with van der Waals surface area (Å²) in [5, 5.41) is 0. The normalized spacial score (nSPS) is 18.9. The van der Waals surface area contributed by atoms with Crippen LogP contribution in [0.25, 0.3) is 0 Å². The third-order valence-corrected chi connectivity index (χ3v) is 4.32. The van der Waals surface area contributed by atoms with Gasteiger partial charge in [0.25, 0.3) is 0 Å². The summed E-state index contributed by atoms with van der Waals surface area (Å²) in [6.45, 7) is 12.5. The summed E-state index contributed by atoms with van der Waals surface area (Å²) in [5.41, 5.74) is 0.588. The van der Waals surface area contributed by atoms with Gasteiger partial charge in [-0.1, -0.05) is 40.0 Å². The van der Waals surface area contributed by atoms with Gasteiger partial charge < -0.3 is 4.74 Å². The highest BCUT2D eigenvalue weighted by Gasteiger charge is 2.18. The summed E-state index contributed by atoms with van der Waals surface area (Å²) in [6.07, 6.45) is 6.78. The second kappa shape index (κ2) is 7.29. The average Bonchev–Trinajstić information content (AvgIpc) is 2.36. The molecule has 0 spiro atoms. The molecule has 1 saturated heterocycles. The summed E-state index contributed by atoms with van der Waals surface area (Å²) >= 11 is 0. The lowest BCUT2D eigenvalue weighted by Crippen LogP contribution is -2.36. The second-order valence-electron chi connectivity index (χ2n) is 5.43. The van der Waals surface area contributed by atoms with Crippen molar-refractivity contribution in [3.8, 4) is 0 Å². The lowest BCUT2D eigenvalue weighted by atomic mass is 9.80. The van der Waals surface area contributed by atoms with Crippen molar-refractivity contribution < 1.29 is 4.74 Å². The van der Waals surface area contributed by atoms with Crippen LogP contribution in [0.15, 0.2) is 0 Å². The van der Waals surface area contributed by atoms with E-state index in [0.717, 1.165) is 26.3 Å². The number of ether oxygens (including phenoxy) is 1. The van der Waals surface area contributed by atoms with Crippen molar-refractivity contribution in [3.63, 3.8) is 0 Å². The first-order valence-corrected chi connectivity index (χ1v) is 7.00. The molecule has 0 atom stereocenters. The fourth-order valence-corrected chi connectivity index (χ4v) is 2.32. The topological polar surface area (TPSA) is 12.5 Å². The molecule has 0 bridgehead atoms. The Kier molecular flexibility index (Phi) is 6.37. The smallest absolute Gasteiger partial charge is 0.0594 e. The molecule has 2 nitrogen and oxygen atoms in total. The van der Waals surface area contributed by atoms with Gasteiger partial charge in [0.1, 0.15) is 0 Å². The van der Waals surface area contributed by atoms with Crippen LogP contribution in [0.2, 0.25) is 0 Å². The molecule has 1 rings (SSSR count). The molecule has 0 unspecified atom stereocenters. The maximum atomic E-state index is 5.35. The van der Waals surface area contributed by atoms with Crippen LogP contribution >= 0.6 is 0 Å². The highest BCUT2D eigenvalue weighted by molar-refractivity contribution is 4.71. The van der Waals surface area contributed by atoms with Crippen molar-refractivity contribution in [1.29, 1.82) is 0 Å². The molecule has 1 heterocycles. The van der Waals surface area contributed by atoms with Crippen LogP contribution in [0.5, 0.6) is 0 Å². The summed E-state index contributed by atoms with van der Waals surface area (Å²) in [4.78, 5) is 2.54. The number of unbranched alkanes of at least 4 members (excludes halogenated alkanes) is 1. The van der Waals surface area contributed by atoms with Gasteiger partial charge in [0.15, 0.2) is 0 Å². The third kappa shape index (κ3) is 4.84. The predicted octanol–water partition coefficient (Wildman–Crippen LogP) is 3.32. The van der Waals surface area contributed by atoms with E-state index in [1.807, 2.05) is 0 Å². The van der Waals surface area contributed by atoms with Crippen LogP contribution in [-0.2, 0) is 4.74 Å². The van der Waals surface area contributed by atoms with Gasteiger partial charge in [0, 0.05) is 13.1 Å². The van der Waals surface area contributed by atoms with Gasteiger partial charge in [-0.2, -0.15) is 0 Å². The fraction of sp³-hybridized carbons (Fsp3) is 1.00. The van der Waals surface area contributed by atoms with Gasteiger partial charge in [0.05, 0.1) is 13.2 Å². The molecule has 0 aliphatic carbocycles. The molecule has 16 heavy (non-hydrogen) atoms. The molecule has 0 N–H and O–H groups in total. The number of hydrogen-bond donors (Lipinski definition) is 0. The SMILES string of the molecule is CCC(C)(CC)CCCCN1CCOCC1. The van der Waals surface area contributed by atoms with Crippen molar-refractivity contribution in [2.45, 2.75) is 52.9 Å². The zero-order valence-electron chi connectivity index (χ0n) is 11.4. The second-order valence-corrected chi connectivity index (χ2v) is 5.43. The Labute approximate surface area is 101 Å². The van der Waals surface area contributed by atoms with Gasteiger partial charge in [-0.05, 0) is 24.8 Å². The van der Waals surface area contributed by atoms with Crippen LogP contribution in [0.3, 0.4) is 0 Å². The maximum absolute atomic E-state index is 5.35. The van der Waals surface area contributed by atoms with Crippen molar-refractivity contribution in [2.75, 3.05) is 32.8 Å². The summed E-state index contributed by atoms with van der Waals surface area (Å²) in [7, 11) is 0. The third-order valence-electron chi connectivity index (χ3n) is 4.32. The zero-order chi connectivity index (χ0) is 11.9. The van der Waals surface area contributed by atoms with E-state index in [1.54, 1.807) is 0 Å². The molecule has 1 aliphatic rings. The number of morpholine rings is 1. The first-order chi connectivity index (χ1) is 7.70. The molecule has 0 aromatic carbocycles. The van der Waals surface area contributed by atoms with Gasteiger partial charge in [-0.3, -0.25) is 4.90 Å². The van der Waals surface area contributed by atoms with E-state index in [9.17, 15) is 0 Å². The lowest BCUT2D eigenvalue weighted by Gasteiger charge is -2.29. The van der Waals surface area contributed by atoms with E-state index in [0.29, 0.717) is 5.41 Å². The summed E-state index contributed by atoms with van der Waals surface area (Å²) in [6, 6.07) is 0. The molecule has 0 aromatic rings. The Morgan fingerprint density at radius 1 is 1.06 bits per heavy atom. The lowest BCUT2D eigenvalue weighted by molar-refractivity contribution is 0.0367. The quantitative estimate of drug-likeness (QED) is 0.619. The standard InChI is InChI=1S/C14H29NO/c1-4-14(3,5-2)8-6-7-9-15-10-12-16-13-11-15/h4-13H2,1-3H3. The van der Waals surface area contributed by atoms with E-state index in [2.05, 4.69) is 25.7 Å². The molecule has 1 aliphatic heterocycles. The molecule has 0 radical (unpaired) electrons. The van der Waals surface area contributed by atoms with Gasteiger partial charge >= 0.3 is 0 Å². The highest BCUT2D eigenvalue weighted by Crippen LogP contribution is 2.31. The minimum atomic E-state index is 0.588. The number of hydrogen-bond acceptors (Lipinski definition) is 2. The Bertz CT molecular complexity index is 172. The van der Waals surface area contributed by atoms with Crippen LogP contribution in [0.1, 0.15) is 52.9 Å². The molecule has 96 valence electrons. The molecule has 2 heteroatoms. The van der Waals surface area contributed by atoms with Gasteiger partial charge in [-0.15, -0.1) is 0 Å². The minimum absolute atomic E-state index is 0.588. The Morgan fingerprint density at radius 3 is 2.25 bits per heavy atom. The van der Waals surface area contributed by atoms with Crippen molar-refractivity contribution in [3.05, 3.63) is 0 Å². The zero-order valence-corrected chi connectivity index (χ0v) is 11.4. The van der Waals surface area contributed by atoms with Crippen molar-refractivity contribution in [1.82, 2.24) is 4.90 Å². The van der Waals surface area contributed by atoms with Crippen LogP contribution in [0, 0.1) is 5.41 Å². The minimum Gasteiger partial charge on any atom is -0.379 e. The van der Waals surface area contributed by atoms with E-state index in [-0.39, 0.29) is 0 Å². The Balaban J connectivity index is 2.06. The monoisotopic (exact) mass is 227 g/mol. The molecule has 0 amide bonds. The first-order valence-electron chi connectivity index (χ1n) is 7.00. The molecule has 0 aromatic heterocycles. The van der Waals surface area contributed by atoms with Crippen molar-refractivity contribution >= 4 is 0 Å². The molecular formula is C14H29NO. The maximum Gasteiger partial charge on any atom is 0.0594 e. The molecule has 0 saturated carbocycles. The van der Waals surface area contributed by atoms with Crippen LogP contribution in [0.4, 0.5) is 0 Å². The van der Waals surface area contributed by atoms with Crippen molar-refractivity contribution in [2.24, 2.45) is 5.41 Å². The van der Waals surface area contributed by atoms with Gasteiger partial charge in [-0.25, -0.2) is 0 Å². The van der Waals surface area contributed by atoms with Crippen LogP contribution in [-0.4, -0.2) is 37.7 Å². The number of rotatable bonds is 7. The Hall–Kier alpha value is -0.0800. The van der Waals surface area contributed by atoms with E-state index >= 15 is 0 Å². The number of nitrogens with zero attached hydrogens (tertiary/aromatic N) is 1. The fourth-order valence-electron chi connectivity index (χ4n) is 2.32. The molecular weight excluding hydrogens is 198 g/mol. The molecule has 1 fully saturated rings. The summed E-state index contributed by atoms with van der Waals surface area (Å²) < 4.78 is 5.35. The van der Waals surface area contributed by atoms with Crippen LogP contribution < -0.4 is 0 Å². The predicted molar refractivity (Wildman–Crippen MR) is 69.8 cm³/mol. The van der Waals surface area contributed by atoms with E-state index < -0.39 is 0 Å². The first kappa shape index (κ1) is 14.0. The van der Waals surface area contributed by atoms with E-state index in [4.69, 9.17) is 4.74 Å². The average molecular weight is 227 g/mol. The van der Waals surface area contributed by atoms with E-state index in [1.165, 1.54) is 38.6 Å².